The van der Waals surface area contributed by atoms with Crippen LogP contribution >= 0.6 is 16.1 Å². The number of ketones is 1. The molecule has 1 aromatic rings. The zero-order valence-corrected chi connectivity index (χ0v) is 15.7. The number of halogens is 1. The Kier molecular flexibility index (Phi) is 3.59. The lowest BCUT2D eigenvalue weighted by Crippen LogP contribution is -2.57. The Balaban J connectivity index is 1.96. The van der Waals surface area contributed by atoms with E-state index in [1.165, 1.54) is 11.1 Å². The van der Waals surface area contributed by atoms with Crippen LogP contribution in [0.5, 0.6) is 0 Å². The van der Waals surface area contributed by atoms with Crippen molar-refractivity contribution in [1.82, 2.24) is 3.93 Å². The summed E-state index contributed by atoms with van der Waals surface area (Å²) < 4.78 is 8.13. The van der Waals surface area contributed by atoms with Gasteiger partial charge in [0.15, 0.2) is 5.78 Å². The van der Waals surface area contributed by atoms with E-state index in [4.69, 9.17) is 4.74 Å². The van der Waals surface area contributed by atoms with E-state index in [1.807, 2.05) is 23.0 Å². The summed E-state index contributed by atoms with van der Waals surface area (Å²) in [6.07, 6.45) is 4.80. The Morgan fingerprint density at radius 2 is 2.00 bits per heavy atom. The van der Waals surface area contributed by atoms with E-state index < -0.39 is 5.60 Å². The van der Waals surface area contributed by atoms with Gasteiger partial charge in [-0.1, -0.05) is 29.8 Å². The molecule has 2 aliphatic heterocycles. The van der Waals surface area contributed by atoms with Crippen molar-refractivity contribution >= 4 is 27.6 Å². The van der Waals surface area contributed by atoms with E-state index >= 15 is 0 Å². The minimum absolute atomic E-state index is 0.193. The summed E-state index contributed by atoms with van der Waals surface area (Å²) in [5, 5.41) is 0. The molecule has 0 bridgehead atoms. The van der Waals surface area contributed by atoms with Gasteiger partial charge in [-0.15, -0.1) is 0 Å². The van der Waals surface area contributed by atoms with Crippen LogP contribution < -0.4 is 0 Å². The molecule has 0 radical (unpaired) electrons. The second-order valence-electron chi connectivity index (χ2n) is 6.97. The quantitative estimate of drug-likeness (QED) is 0.532. The Morgan fingerprint density at radius 3 is 2.75 bits per heavy atom. The lowest BCUT2D eigenvalue weighted by molar-refractivity contribution is -0.128. The van der Waals surface area contributed by atoms with E-state index in [2.05, 4.69) is 54.3 Å². The third-order valence-electron chi connectivity index (χ3n) is 5.19. The van der Waals surface area contributed by atoms with Crippen molar-refractivity contribution in [2.45, 2.75) is 38.8 Å². The molecule has 0 amide bonds. The van der Waals surface area contributed by atoms with Crippen molar-refractivity contribution in [1.29, 1.82) is 0 Å². The van der Waals surface area contributed by atoms with Gasteiger partial charge in [0.25, 0.3) is 0 Å². The number of aryl methyl sites for hydroxylation is 1. The van der Waals surface area contributed by atoms with Gasteiger partial charge in [0.05, 0.1) is 28.5 Å². The van der Waals surface area contributed by atoms with Crippen LogP contribution in [-0.4, -0.2) is 28.0 Å². The molecule has 2 atom stereocenters. The lowest BCUT2D eigenvalue weighted by atomic mass is 9.73. The molecule has 0 saturated heterocycles. The van der Waals surface area contributed by atoms with Crippen LogP contribution in [0, 0.1) is 6.92 Å². The number of ether oxygens (including phenoxy) is 1. The van der Waals surface area contributed by atoms with Gasteiger partial charge in [0, 0.05) is 12.0 Å². The van der Waals surface area contributed by atoms with Gasteiger partial charge in [0.1, 0.15) is 11.6 Å². The first-order chi connectivity index (χ1) is 11.4. The lowest BCUT2D eigenvalue weighted by Gasteiger charge is -2.46. The highest BCUT2D eigenvalue weighted by Crippen LogP contribution is 2.50. The molecule has 24 heavy (non-hydrogen) atoms. The van der Waals surface area contributed by atoms with Crippen LogP contribution in [0.15, 0.2) is 53.1 Å². The molecule has 4 rings (SSSR count). The van der Waals surface area contributed by atoms with Crippen molar-refractivity contribution in [3.8, 4) is 0 Å². The highest BCUT2D eigenvalue weighted by Gasteiger charge is 2.55. The molecule has 1 aromatic carbocycles. The summed E-state index contributed by atoms with van der Waals surface area (Å²) in [5.41, 5.74) is 6.10. The fourth-order valence-corrected chi connectivity index (χ4v) is 4.92. The van der Waals surface area contributed by atoms with Crippen LogP contribution in [0.4, 0.5) is 0 Å². The summed E-state index contributed by atoms with van der Waals surface area (Å²) in [7, 11) is 0. The van der Waals surface area contributed by atoms with E-state index in [0.717, 1.165) is 22.4 Å². The third-order valence-corrected chi connectivity index (χ3v) is 5.98. The maximum absolute atomic E-state index is 12.9. The molecule has 3 aliphatic rings. The van der Waals surface area contributed by atoms with Crippen LogP contribution in [0.2, 0.25) is 0 Å². The second kappa shape index (κ2) is 5.43. The van der Waals surface area contributed by atoms with Gasteiger partial charge in [0.2, 0.25) is 0 Å². The third kappa shape index (κ3) is 2.09. The Hall–Kier alpha value is -1.65. The molecule has 0 N–H and O–H groups in total. The molecule has 2 unspecified atom stereocenters. The minimum atomic E-state index is -0.654. The Labute approximate surface area is 151 Å². The van der Waals surface area contributed by atoms with E-state index in [0.29, 0.717) is 13.0 Å². The van der Waals surface area contributed by atoms with Gasteiger partial charge in [-0.2, -0.15) is 0 Å². The van der Waals surface area contributed by atoms with Crippen molar-refractivity contribution in [2.75, 3.05) is 6.61 Å². The van der Waals surface area contributed by atoms with Crippen LogP contribution in [-0.2, 0) is 9.53 Å². The highest BCUT2D eigenvalue weighted by atomic mass is 79.9. The molecule has 4 heteroatoms. The summed E-state index contributed by atoms with van der Waals surface area (Å²) in [6.45, 7) is 6.77. The maximum atomic E-state index is 12.9. The van der Waals surface area contributed by atoms with Crippen molar-refractivity contribution in [2.24, 2.45) is 0 Å². The SMILES string of the molecule is CC1=CC23OCC(C)=C2C=C(c2ccccc2C)N(Br)C3C(=O)C1. The average Bonchev–Trinajstić information content (AvgIpc) is 2.82. The summed E-state index contributed by atoms with van der Waals surface area (Å²) in [6, 6.07) is 7.89. The van der Waals surface area contributed by atoms with Gasteiger partial charge < -0.3 is 4.74 Å². The largest absolute Gasteiger partial charge is 0.359 e. The first-order valence-electron chi connectivity index (χ1n) is 8.22. The Morgan fingerprint density at radius 1 is 1.25 bits per heavy atom. The molecule has 124 valence electrons. The second-order valence-corrected chi connectivity index (χ2v) is 7.73. The number of hydrogen-bond acceptors (Lipinski definition) is 3. The molecule has 2 heterocycles. The molecule has 1 aliphatic carbocycles. The van der Waals surface area contributed by atoms with Crippen molar-refractivity contribution < 1.29 is 9.53 Å². The summed E-state index contributed by atoms with van der Waals surface area (Å²) >= 11 is 3.69. The summed E-state index contributed by atoms with van der Waals surface area (Å²) in [5.74, 6) is 0.193. The number of allylic oxidation sites excluding steroid dienone is 1. The van der Waals surface area contributed by atoms with Crippen molar-refractivity contribution in [3.63, 3.8) is 0 Å². The number of nitrogens with zero attached hydrogens (tertiary/aromatic N) is 1. The van der Waals surface area contributed by atoms with Crippen LogP contribution in [0.3, 0.4) is 0 Å². The standard InChI is InChI=1S/C20H20BrNO2/c1-12-8-18(23)19-20(10-12)16(14(3)11-24-20)9-17(22(19)21)15-7-5-4-6-13(15)2/h4-7,9-10,19H,8,11H2,1-3H3. The van der Waals surface area contributed by atoms with E-state index in [1.54, 1.807) is 0 Å². The summed E-state index contributed by atoms with van der Waals surface area (Å²) in [4.78, 5) is 12.9. The number of Topliss-reactive ketones (excluding diaryl/α,β-unsaturated/α-hetero) is 1. The van der Waals surface area contributed by atoms with Crippen LogP contribution in [0.1, 0.15) is 31.4 Å². The fraction of sp³-hybridized carbons (Fsp3) is 0.350. The van der Waals surface area contributed by atoms with Gasteiger partial charge in [-0.25, -0.2) is 0 Å². The van der Waals surface area contributed by atoms with E-state index in [-0.39, 0.29) is 11.8 Å². The van der Waals surface area contributed by atoms with Crippen LogP contribution in [0.25, 0.3) is 5.70 Å². The number of carbonyl (C=O) groups excluding carboxylic acids is 1. The topological polar surface area (TPSA) is 29.5 Å². The molecule has 1 spiro atoms. The van der Waals surface area contributed by atoms with E-state index in [9.17, 15) is 4.79 Å². The normalized spacial score (nSPS) is 29.2. The first kappa shape index (κ1) is 15.9. The fourth-order valence-electron chi connectivity index (χ4n) is 4.09. The zero-order valence-electron chi connectivity index (χ0n) is 14.1. The molecule has 0 aromatic heterocycles. The number of hydrogen-bond donors (Lipinski definition) is 0. The average molecular weight is 386 g/mol. The maximum Gasteiger partial charge on any atom is 0.163 e. The number of rotatable bonds is 1. The highest BCUT2D eigenvalue weighted by molar-refractivity contribution is 9.07. The van der Waals surface area contributed by atoms with Gasteiger partial charge in [-0.05, 0) is 49.6 Å². The predicted octanol–water partition coefficient (Wildman–Crippen LogP) is 4.33. The minimum Gasteiger partial charge on any atom is -0.359 e. The van der Waals surface area contributed by atoms with Gasteiger partial charge in [-0.3, -0.25) is 8.72 Å². The zero-order chi connectivity index (χ0) is 17.1. The molecule has 0 saturated carbocycles. The smallest absolute Gasteiger partial charge is 0.163 e. The molecular weight excluding hydrogens is 366 g/mol. The molecule has 3 nitrogen and oxygen atoms in total. The van der Waals surface area contributed by atoms with Gasteiger partial charge >= 0.3 is 0 Å². The first-order valence-corrected chi connectivity index (χ1v) is 8.93. The number of benzene rings is 1. The molecule has 0 fully saturated rings. The number of carbonyl (C=O) groups is 1. The Bertz CT molecular complexity index is 836. The monoisotopic (exact) mass is 385 g/mol. The van der Waals surface area contributed by atoms with Crippen molar-refractivity contribution in [3.05, 3.63) is 64.3 Å². The molecular formula is C20H20BrNO2. The predicted molar refractivity (Wildman–Crippen MR) is 98.5 cm³/mol.